The minimum atomic E-state index is -0.401. The van der Waals surface area contributed by atoms with Gasteiger partial charge in [-0.1, -0.05) is 12.1 Å². The lowest BCUT2D eigenvalue weighted by molar-refractivity contribution is 0.275. The average Bonchev–Trinajstić information content (AvgIpc) is 2.19. The van der Waals surface area contributed by atoms with E-state index in [-0.39, 0.29) is 18.2 Å². The molecule has 0 saturated heterocycles. The Morgan fingerprint density at radius 2 is 2.29 bits per heavy atom. The second-order valence-electron chi connectivity index (χ2n) is 3.14. The molecule has 3 heteroatoms. The fourth-order valence-electron chi connectivity index (χ4n) is 1.26. The van der Waals surface area contributed by atoms with Gasteiger partial charge in [-0.05, 0) is 24.1 Å². The van der Waals surface area contributed by atoms with Crippen LogP contribution >= 0.6 is 0 Å². The topological polar surface area (TPSA) is 46.2 Å². The van der Waals surface area contributed by atoms with Crippen molar-refractivity contribution in [2.24, 2.45) is 5.73 Å². The molecule has 0 aliphatic carbocycles. The molecule has 76 valence electrons. The van der Waals surface area contributed by atoms with Crippen LogP contribution in [0.3, 0.4) is 0 Å². The summed E-state index contributed by atoms with van der Waals surface area (Å²) in [4.78, 5) is 0. The lowest BCUT2D eigenvalue weighted by atomic mass is 10.0. The number of aliphatic hydroxyl groups is 1. The van der Waals surface area contributed by atoms with Gasteiger partial charge >= 0.3 is 0 Å². The van der Waals surface area contributed by atoms with Gasteiger partial charge in [0.25, 0.3) is 0 Å². The normalized spacial score (nSPS) is 12.5. The molecule has 0 saturated carbocycles. The second kappa shape index (κ2) is 4.88. The van der Waals surface area contributed by atoms with Crippen LogP contribution in [0.25, 0.3) is 0 Å². The van der Waals surface area contributed by atoms with Gasteiger partial charge in [-0.25, -0.2) is 4.39 Å². The average molecular weight is 195 g/mol. The number of rotatable bonds is 4. The minimum Gasteiger partial charge on any atom is -0.392 e. The van der Waals surface area contributed by atoms with Gasteiger partial charge in [-0.3, -0.25) is 0 Å². The van der Waals surface area contributed by atoms with Crippen LogP contribution in [0.15, 0.2) is 30.9 Å². The zero-order valence-corrected chi connectivity index (χ0v) is 7.91. The van der Waals surface area contributed by atoms with E-state index in [4.69, 9.17) is 10.8 Å². The lowest BCUT2D eigenvalue weighted by Gasteiger charge is -2.10. The van der Waals surface area contributed by atoms with Crippen LogP contribution in [-0.2, 0) is 6.61 Å². The lowest BCUT2D eigenvalue weighted by Crippen LogP contribution is -2.09. The minimum absolute atomic E-state index is 0.182. The number of hydrogen-bond donors (Lipinski definition) is 2. The first kappa shape index (κ1) is 10.9. The third-order valence-corrected chi connectivity index (χ3v) is 2.09. The highest BCUT2D eigenvalue weighted by atomic mass is 19.1. The maximum absolute atomic E-state index is 13.0. The molecule has 1 atom stereocenters. The van der Waals surface area contributed by atoms with Crippen LogP contribution in [0, 0.1) is 5.82 Å². The van der Waals surface area contributed by atoms with E-state index < -0.39 is 5.82 Å². The maximum atomic E-state index is 13.0. The Balaban J connectivity index is 2.93. The molecule has 0 bridgehead atoms. The molecule has 0 fully saturated rings. The first-order valence-corrected chi connectivity index (χ1v) is 4.44. The maximum Gasteiger partial charge on any atom is 0.128 e. The van der Waals surface area contributed by atoms with Gasteiger partial charge in [0.2, 0.25) is 0 Å². The summed E-state index contributed by atoms with van der Waals surface area (Å²) < 4.78 is 13.0. The van der Waals surface area contributed by atoms with Crippen molar-refractivity contribution in [2.75, 3.05) is 0 Å². The molecule has 0 radical (unpaired) electrons. The summed E-state index contributed by atoms with van der Waals surface area (Å²) in [6.45, 7) is 3.28. The van der Waals surface area contributed by atoms with E-state index in [1.54, 1.807) is 18.2 Å². The quantitative estimate of drug-likeness (QED) is 0.721. The van der Waals surface area contributed by atoms with Gasteiger partial charge in [0, 0.05) is 11.6 Å². The van der Waals surface area contributed by atoms with Crippen molar-refractivity contribution >= 4 is 0 Å². The Hall–Kier alpha value is -1.19. The summed E-state index contributed by atoms with van der Waals surface area (Å²) in [5, 5.41) is 8.85. The molecule has 0 heterocycles. The smallest absolute Gasteiger partial charge is 0.128 e. The van der Waals surface area contributed by atoms with Gasteiger partial charge in [-0.2, -0.15) is 0 Å². The monoisotopic (exact) mass is 195 g/mol. The summed E-state index contributed by atoms with van der Waals surface area (Å²) in [7, 11) is 0. The van der Waals surface area contributed by atoms with E-state index >= 15 is 0 Å². The summed E-state index contributed by atoms with van der Waals surface area (Å²) >= 11 is 0. The van der Waals surface area contributed by atoms with Crippen LogP contribution in [-0.4, -0.2) is 5.11 Å². The van der Waals surface area contributed by atoms with Crippen molar-refractivity contribution in [3.05, 3.63) is 47.8 Å². The van der Waals surface area contributed by atoms with Crippen molar-refractivity contribution in [2.45, 2.75) is 19.1 Å². The molecule has 1 aromatic carbocycles. The molecule has 1 rings (SSSR count). The summed E-state index contributed by atoms with van der Waals surface area (Å²) in [6, 6.07) is 4.36. The Morgan fingerprint density at radius 3 is 2.86 bits per heavy atom. The molecule has 0 unspecified atom stereocenters. The van der Waals surface area contributed by atoms with Crippen molar-refractivity contribution in [3.63, 3.8) is 0 Å². The van der Waals surface area contributed by atoms with Crippen LogP contribution < -0.4 is 5.73 Å². The molecular formula is C11H14FNO. The third-order valence-electron chi connectivity index (χ3n) is 2.09. The Labute approximate surface area is 82.9 Å². The van der Waals surface area contributed by atoms with E-state index in [1.165, 1.54) is 6.07 Å². The molecule has 0 aliphatic heterocycles. The predicted octanol–water partition coefficient (Wildman–Crippen LogP) is 1.89. The van der Waals surface area contributed by atoms with Gasteiger partial charge in [0.1, 0.15) is 5.82 Å². The van der Waals surface area contributed by atoms with E-state index in [1.807, 2.05) is 0 Å². The van der Waals surface area contributed by atoms with Crippen LogP contribution in [0.4, 0.5) is 4.39 Å². The first-order chi connectivity index (χ1) is 6.69. The molecule has 0 amide bonds. The summed E-state index contributed by atoms with van der Waals surface area (Å²) in [6.07, 6.45) is 2.35. The Kier molecular flexibility index (Phi) is 3.80. The SMILES string of the molecule is C=CC[C@@H](N)c1ccc(F)c(CO)c1. The zero-order valence-electron chi connectivity index (χ0n) is 7.91. The van der Waals surface area contributed by atoms with Crippen molar-refractivity contribution in [3.8, 4) is 0 Å². The zero-order chi connectivity index (χ0) is 10.6. The van der Waals surface area contributed by atoms with Crippen LogP contribution in [0.1, 0.15) is 23.6 Å². The molecule has 3 N–H and O–H groups in total. The number of benzene rings is 1. The fraction of sp³-hybridized carbons (Fsp3) is 0.273. The number of halogens is 1. The molecule has 0 aromatic heterocycles. The Bertz CT molecular complexity index is 325. The highest BCUT2D eigenvalue weighted by Crippen LogP contribution is 2.18. The molecule has 0 spiro atoms. The van der Waals surface area contributed by atoms with Gasteiger partial charge in [0.05, 0.1) is 6.61 Å². The van der Waals surface area contributed by atoms with Gasteiger partial charge < -0.3 is 10.8 Å². The van der Waals surface area contributed by atoms with Crippen molar-refractivity contribution in [1.82, 2.24) is 0 Å². The molecule has 1 aromatic rings. The van der Waals surface area contributed by atoms with Crippen LogP contribution in [0.2, 0.25) is 0 Å². The molecule has 2 nitrogen and oxygen atoms in total. The number of hydrogen-bond acceptors (Lipinski definition) is 2. The number of aliphatic hydroxyl groups excluding tert-OH is 1. The molecule has 0 aliphatic rings. The molecular weight excluding hydrogens is 181 g/mol. The third kappa shape index (κ3) is 2.40. The standard InChI is InChI=1S/C11H14FNO/c1-2-3-11(13)8-4-5-10(12)9(6-8)7-14/h2,4-6,11,14H,1,3,7,13H2/t11-/m1/s1. The van der Waals surface area contributed by atoms with Crippen molar-refractivity contribution in [1.29, 1.82) is 0 Å². The van der Waals surface area contributed by atoms with E-state index in [0.717, 1.165) is 5.56 Å². The highest BCUT2D eigenvalue weighted by molar-refractivity contribution is 5.27. The first-order valence-electron chi connectivity index (χ1n) is 4.44. The Morgan fingerprint density at radius 1 is 1.57 bits per heavy atom. The second-order valence-corrected chi connectivity index (χ2v) is 3.14. The largest absolute Gasteiger partial charge is 0.392 e. The predicted molar refractivity (Wildman–Crippen MR) is 54.1 cm³/mol. The van der Waals surface area contributed by atoms with Gasteiger partial charge in [-0.15, -0.1) is 6.58 Å². The fourth-order valence-corrected chi connectivity index (χ4v) is 1.26. The highest BCUT2D eigenvalue weighted by Gasteiger charge is 2.07. The van der Waals surface area contributed by atoms with E-state index in [2.05, 4.69) is 6.58 Å². The van der Waals surface area contributed by atoms with Crippen molar-refractivity contribution < 1.29 is 9.50 Å². The molecule has 14 heavy (non-hydrogen) atoms. The summed E-state index contributed by atoms with van der Waals surface area (Å²) in [5.41, 5.74) is 6.90. The summed E-state index contributed by atoms with van der Waals surface area (Å²) in [5.74, 6) is -0.401. The van der Waals surface area contributed by atoms with Crippen LogP contribution in [0.5, 0.6) is 0 Å². The number of nitrogens with two attached hydrogens (primary N) is 1. The van der Waals surface area contributed by atoms with E-state index in [0.29, 0.717) is 6.42 Å². The van der Waals surface area contributed by atoms with E-state index in [9.17, 15) is 4.39 Å². The van der Waals surface area contributed by atoms with Gasteiger partial charge in [0.15, 0.2) is 0 Å².